The molecule has 0 atom stereocenters. The molecule has 0 saturated heterocycles. The molecule has 2 N–H and O–H groups in total. The SMILES string of the molecule is CCc1ccc(-c2ccc(Oc3ccccc3N)cc2)cc1. The van der Waals surface area contributed by atoms with Gasteiger partial charge in [0.25, 0.3) is 0 Å². The van der Waals surface area contributed by atoms with Crippen LogP contribution in [0.15, 0.2) is 72.8 Å². The van der Waals surface area contributed by atoms with E-state index < -0.39 is 0 Å². The Morgan fingerprint density at radius 2 is 1.36 bits per heavy atom. The summed E-state index contributed by atoms with van der Waals surface area (Å²) in [6.45, 7) is 2.16. The van der Waals surface area contributed by atoms with E-state index in [9.17, 15) is 0 Å². The summed E-state index contributed by atoms with van der Waals surface area (Å²) in [6, 6.07) is 24.2. The van der Waals surface area contributed by atoms with Crippen molar-refractivity contribution in [1.82, 2.24) is 0 Å². The van der Waals surface area contributed by atoms with Crippen LogP contribution in [0.2, 0.25) is 0 Å². The molecule has 110 valence electrons. The topological polar surface area (TPSA) is 35.2 Å². The maximum atomic E-state index is 5.89. The molecule has 0 spiro atoms. The summed E-state index contributed by atoms with van der Waals surface area (Å²) >= 11 is 0. The molecule has 3 aromatic carbocycles. The average molecular weight is 289 g/mol. The van der Waals surface area contributed by atoms with Gasteiger partial charge in [0.1, 0.15) is 11.5 Å². The van der Waals surface area contributed by atoms with Gasteiger partial charge in [-0.15, -0.1) is 0 Å². The lowest BCUT2D eigenvalue weighted by molar-refractivity contribution is 0.485. The number of ether oxygens (including phenoxy) is 1. The van der Waals surface area contributed by atoms with Crippen LogP contribution >= 0.6 is 0 Å². The Bertz CT molecular complexity index is 745. The van der Waals surface area contributed by atoms with Crippen LogP contribution in [0.5, 0.6) is 11.5 Å². The molecule has 22 heavy (non-hydrogen) atoms. The number of hydrogen-bond acceptors (Lipinski definition) is 2. The van der Waals surface area contributed by atoms with E-state index in [1.807, 2.05) is 36.4 Å². The van der Waals surface area contributed by atoms with Gasteiger partial charge >= 0.3 is 0 Å². The molecule has 0 amide bonds. The lowest BCUT2D eigenvalue weighted by Gasteiger charge is -2.09. The van der Waals surface area contributed by atoms with Crippen molar-refractivity contribution in [2.24, 2.45) is 0 Å². The molecule has 0 bridgehead atoms. The van der Waals surface area contributed by atoms with Crippen LogP contribution in [-0.4, -0.2) is 0 Å². The van der Waals surface area contributed by atoms with Crippen LogP contribution < -0.4 is 10.5 Å². The zero-order valence-electron chi connectivity index (χ0n) is 12.6. The van der Waals surface area contributed by atoms with Gasteiger partial charge in [0.15, 0.2) is 0 Å². The maximum Gasteiger partial charge on any atom is 0.150 e. The van der Waals surface area contributed by atoms with Gasteiger partial charge in [-0.3, -0.25) is 0 Å². The second-order valence-electron chi connectivity index (χ2n) is 5.21. The standard InChI is InChI=1S/C20H19NO/c1-2-15-7-9-16(10-8-15)17-11-13-18(14-12-17)22-20-6-4-3-5-19(20)21/h3-14H,2,21H2,1H3. The van der Waals surface area contributed by atoms with Crippen molar-refractivity contribution >= 4 is 5.69 Å². The summed E-state index contributed by atoms with van der Waals surface area (Å²) in [5, 5.41) is 0. The van der Waals surface area contributed by atoms with Crippen molar-refractivity contribution in [2.45, 2.75) is 13.3 Å². The Labute approximate surface area is 131 Å². The maximum absolute atomic E-state index is 5.89. The molecular formula is C20H19NO. The lowest BCUT2D eigenvalue weighted by Crippen LogP contribution is -1.91. The highest BCUT2D eigenvalue weighted by molar-refractivity contribution is 5.64. The van der Waals surface area contributed by atoms with E-state index in [2.05, 4.69) is 43.3 Å². The Kier molecular flexibility index (Phi) is 4.10. The molecule has 0 heterocycles. The first-order valence-corrected chi connectivity index (χ1v) is 7.48. The van der Waals surface area contributed by atoms with E-state index in [1.54, 1.807) is 0 Å². The van der Waals surface area contributed by atoms with E-state index in [1.165, 1.54) is 16.7 Å². The van der Waals surface area contributed by atoms with Crippen LogP contribution in [0.1, 0.15) is 12.5 Å². The Morgan fingerprint density at radius 1 is 0.773 bits per heavy atom. The largest absolute Gasteiger partial charge is 0.455 e. The molecule has 3 aromatic rings. The van der Waals surface area contributed by atoms with Crippen molar-refractivity contribution in [3.8, 4) is 22.6 Å². The third-order valence-corrected chi connectivity index (χ3v) is 3.70. The smallest absolute Gasteiger partial charge is 0.150 e. The molecule has 0 radical (unpaired) electrons. The Balaban J connectivity index is 1.79. The fourth-order valence-electron chi connectivity index (χ4n) is 2.35. The van der Waals surface area contributed by atoms with Crippen LogP contribution in [0, 0.1) is 0 Å². The van der Waals surface area contributed by atoms with Crippen molar-refractivity contribution in [2.75, 3.05) is 5.73 Å². The second-order valence-corrected chi connectivity index (χ2v) is 5.21. The zero-order valence-corrected chi connectivity index (χ0v) is 12.6. The third-order valence-electron chi connectivity index (χ3n) is 3.70. The molecule has 0 aliphatic carbocycles. The highest BCUT2D eigenvalue weighted by Gasteiger charge is 2.02. The van der Waals surface area contributed by atoms with Crippen molar-refractivity contribution in [3.63, 3.8) is 0 Å². The summed E-state index contributed by atoms with van der Waals surface area (Å²) in [7, 11) is 0. The van der Waals surface area contributed by atoms with E-state index >= 15 is 0 Å². The molecule has 0 aromatic heterocycles. The van der Waals surface area contributed by atoms with Gasteiger partial charge < -0.3 is 10.5 Å². The van der Waals surface area contributed by atoms with Gasteiger partial charge in [-0.05, 0) is 47.4 Å². The van der Waals surface area contributed by atoms with Crippen molar-refractivity contribution < 1.29 is 4.74 Å². The average Bonchev–Trinajstić information content (AvgIpc) is 2.58. The van der Waals surface area contributed by atoms with E-state index in [4.69, 9.17) is 10.5 Å². The first kappa shape index (κ1) is 14.2. The third kappa shape index (κ3) is 3.12. The second kappa shape index (κ2) is 6.35. The van der Waals surface area contributed by atoms with Crippen LogP contribution in [0.3, 0.4) is 0 Å². The number of nitrogens with two attached hydrogens (primary N) is 1. The van der Waals surface area contributed by atoms with E-state index in [0.29, 0.717) is 11.4 Å². The Morgan fingerprint density at radius 3 is 1.95 bits per heavy atom. The number of nitrogen functional groups attached to an aromatic ring is 1. The first-order chi connectivity index (χ1) is 10.8. The number of aryl methyl sites for hydroxylation is 1. The monoisotopic (exact) mass is 289 g/mol. The summed E-state index contributed by atoms with van der Waals surface area (Å²) in [4.78, 5) is 0. The summed E-state index contributed by atoms with van der Waals surface area (Å²) < 4.78 is 5.81. The molecule has 0 aliphatic heterocycles. The molecule has 3 rings (SSSR count). The Hall–Kier alpha value is -2.74. The normalized spacial score (nSPS) is 10.4. The summed E-state index contributed by atoms with van der Waals surface area (Å²) in [5.74, 6) is 1.47. The van der Waals surface area contributed by atoms with Gasteiger partial charge in [-0.2, -0.15) is 0 Å². The molecular weight excluding hydrogens is 270 g/mol. The fraction of sp³-hybridized carbons (Fsp3) is 0.100. The molecule has 2 heteroatoms. The van der Waals surface area contributed by atoms with Crippen LogP contribution in [0.4, 0.5) is 5.69 Å². The van der Waals surface area contributed by atoms with Gasteiger partial charge in [0, 0.05) is 0 Å². The number of hydrogen-bond donors (Lipinski definition) is 1. The quantitative estimate of drug-likeness (QED) is 0.662. The molecule has 0 fully saturated rings. The van der Waals surface area contributed by atoms with Crippen LogP contribution in [0.25, 0.3) is 11.1 Å². The van der Waals surface area contributed by atoms with Gasteiger partial charge in [-0.25, -0.2) is 0 Å². The molecule has 0 saturated carbocycles. The highest BCUT2D eigenvalue weighted by atomic mass is 16.5. The fourth-order valence-corrected chi connectivity index (χ4v) is 2.35. The van der Waals surface area contributed by atoms with Gasteiger partial charge in [0.2, 0.25) is 0 Å². The van der Waals surface area contributed by atoms with Gasteiger partial charge in [0.05, 0.1) is 5.69 Å². The number of benzene rings is 3. The molecule has 0 unspecified atom stereocenters. The molecule has 0 aliphatic rings. The minimum Gasteiger partial charge on any atom is -0.455 e. The minimum atomic E-state index is 0.640. The first-order valence-electron chi connectivity index (χ1n) is 7.48. The van der Waals surface area contributed by atoms with Crippen molar-refractivity contribution in [3.05, 3.63) is 78.4 Å². The lowest BCUT2D eigenvalue weighted by atomic mass is 10.0. The summed E-state index contributed by atoms with van der Waals surface area (Å²) in [6.07, 6.45) is 1.06. The minimum absolute atomic E-state index is 0.640. The summed E-state index contributed by atoms with van der Waals surface area (Å²) in [5.41, 5.74) is 10.3. The predicted octanol–water partition coefficient (Wildman–Crippen LogP) is 5.29. The van der Waals surface area contributed by atoms with Crippen molar-refractivity contribution in [1.29, 1.82) is 0 Å². The van der Waals surface area contributed by atoms with E-state index in [-0.39, 0.29) is 0 Å². The number of rotatable bonds is 4. The predicted molar refractivity (Wildman–Crippen MR) is 92.2 cm³/mol. The number of para-hydroxylation sites is 2. The van der Waals surface area contributed by atoms with Gasteiger partial charge in [-0.1, -0.05) is 55.5 Å². The van der Waals surface area contributed by atoms with Crippen LogP contribution in [-0.2, 0) is 6.42 Å². The number of anilines is 1. The van der Waals surface area contributed by atoms with E-state index in [0.717, 1.165) is 12.2 Å². The highest BCUT2D eigenvalue weighted by Crippen LogP contribution is 2.29. The molecule has 2 nitrogen and oxygen atoms in total. The zero-order chi connectivity index (χ0) is 15.4.